The van der Waals surface area contributed by atoms with E-state index in [9.17, 15) is 23.4 Å². The van der Waals surface area contributed by atoms with Crippen LogP contribution >= 0.6 is 0 Å². The van der Waals surface area contributed by atoms with E-state index in [-0.39, 0.29) is 54.0 Å². The summed E-state index contributed by atoms with van der Waals surface area (Å²) in [5, 5.41) is 19.1. The van der Waals surface area contributed by atoms with Gasteiger partial charge in [-0.2, -0.15) is 4.31 Å². The minimum absolute atomic E-state index is 0.165. The average Bonchev–Trinajstić information content (AvgIpc) is 2.60. The number of aryl methyl sites for hydroxylation is 2. The van der Waals surface area contributed by atoms with E-state index in [1.54, 1.807) is 19.1 Å². The van der Waals surface area contributed by atoms with Gasteiger partial charge in [-0.25, -0.2) is 8.42 Å². The van der Waals surface area contributed by atoms with Crippen molar-refractivity contribution in [2.75, 3.05) is 26.2 Å². The maximum Gasteiger partial charge on any atom is 0.254 e. The van der Waals surface area contributed by atoms with E-state index in [0.717, 1.165) is 11.6 Å². The lowest BCUT2D eigenvalue weighted by Crippen LogP contribution is -2.50. The van der Waals surface area contributed by atoms with Crippen molar-refractivity contribution in [1.29, 1.82) is 0 Å². The van der Waals surface area contributed by atoms with Gasteiger partial charge in [0, 0.05) is 37.8 Å². The lowest BCUT2D eigenvalue weighted by atomic mass is 10.1. The number of phenols is 2. The monoisotopic (exact) mass is 390 g/mol. The van der Waals surface area contributed by atoms with Gasteiger partial charge in [0.05, 0.1) is 4.90 Å². The molecule has 0 unspecified atom stereocenters. The maximum atomic E-state index is 12.9. The van der Waals surface area contributed by atoms with Crippen molar-refractivity contribution in [1.82, 2.24) is 9.21 Å². The molecule has 0 bridgehead atoms. The van der Waals surface area contributed by atoms with Gasteiger partial charge in [-0.3, -0.25) is 4.79 Å². The highest BCUT2D eigenvalue weighted by atomic mass is 32.2. The number of benzene rings is 2. The van der Waals surface area contributed by atoms with Gasteiger partial charge in [0.1, 0.15) is 11.5 Å². The Kier molecular flexibility index (Phi) is 5.12. The first-order valence-corrected chi connectivity index (χ1v) is 10.0. The van der Waals surface area contributed by atoms with Gasteiger partial charge in [0.2, 0.25) is 10.0 Å². The zero-order chi connectivity index (χ0) is 19.8. The number of phenolic OH excluding ortho intramolecular Hbond substituents is 2. The topological polar surface area (TPSA) is 98.2 Å². The third-order valence-corrected chi connectivity index (χ3v) is 6.68. The molecule has 0 atom stereocenters. The molecule has 3 rings (SSSR count). The maximum absolute atomic E-state index is 12.9. The molecule has 1 saturated heterocycles. The van der Waals surface area contributed by atoms with Gasteiger partial charge in [-0.1, -0.05) is 17.7 Å². The van der Waals surface area contributed by atoms with Gasteiger partial charge in [0.25, 0.3) is 5.91 Å². The van der Waals surface area contributed by atoms with Crippen LogP contribution < -0.4 is 0 Å². The van der Waals surface area contributed by atoms with Crippen LogP contribution in [0.5, 0.6) is 11.5 Å². The van der Waals surface area contributed by atoms with Crippen LogP contribution in [0.25, 0.3) is 0 Å². The van der Waals surface area contributed by atoms with Crippen molar-refractivity contribution in [3.63, 3.8) is 0 Å². The molecule has 1 heterocycles. The smallest absolute Gasteiger partial charge is 0.254 e. The summed E-state index contributed by atoms with van der Waals surface area (Å²) < 4.78 is 27.2. The molecule has 0 saturated carbocycles. The number of aromatic hydroxyl groups is 2. The Morgan fingerprint density at radius 1 is 0.926 bits per heavy atom. The van der Waals surface area contributed by atoms with E-state index in [2.05, 4.69) is 0 Å². The zero-order valence-corrected chi connectivity index (χ0v) is 16.0. The Bertz CT molecular complexity index is 959. The van der Waals surface area contributed by atoms with Crippen LogP contribution in [0.4, 0.5) is 0 Å². The molecular formula is C19H22N2O5S. The molecule has 1 aliphatic heterocycles. The van der Waals surface area contributed by atoms with Crippen LogP contribution in [0.3, 0.4) is 0 Å². The van der Waals surface area contributed by atoms with Gasteiger partial charge in [-0.15, -0.1) is 0 Å². The van der Waals surface area contributed by atoms with E-state index in [1.807, 2.05) is 13.0 Å². The Hall–Kier alpha value is -2.58. The Labute approximate surface area is 158 Å². The Balaban J connectivity index is 1.73. The molecule has 7 nitrogen and oxygen atoms in total. The third-order valence-electron chi connectivity index (χ3n) is 4.62. The number of carbonyl (C=O) groups excluding carboxylic acids is 1. The van der Waals surface area contributed by atoms with Crippen molar-refractivity contribution in [2.24, 2.45) is 0 Å². The average molecular weight is 390 g/mol. The van der Waals surface area contributed by atoms with Gasteiger partial charge in [-0.05, 0) is 37.6 Å². The molecule has 0 radical (unpaired) electrons. The third kappa shape index (κ3) is 3.91. The van der Waals surface area contributed by atoms with Crippen molar-refractivity contribution in [3.8, 4) is 11.5 Å². The van der Waals surface area contributed by atoms with Gasteiger partial charge < -0.3 is 15.1 Å². The van der Waals surface area contributed by atoms with Crippen LogP contribution in [0.2, 0.25) is 0 Å². The van der Waals surface area contributed by atoms with Crippen LogP contribution in [0, 0.1) is 13.8 Å². The number of hydrogen-bond donors (Lipinski definition) is 2. The number of sulfonamides is 1. The minimum atomic E-state index is -3.62. The summed E-state index contributed by atoms with van der Waals surface area (Å²) in [6.07, 6.45) is 0. The number of nitrogens with zero attached hydrogens (tertiary/aromatic N) is 2. The van der Waals surface area contributed by atoms with Crippen molar-refractivity contribution in [3.05, 3.63) is 53.1 Å². The van der Waals surface area contributed by atoms with Crippen LogP contribution in [-0.4, -0.2) is 59.9 Å². The van der Waals surface area contributed by atoms with Crippen LogP contribution in [0.1, 0.15) is 21.5 Å². The number of piperazine rings is 1. The highest BCUT2D eigenvalue weighted by Crippen LogP contribution is 2.24. The van der Waals surface area contributed by atoms with E-state index in [0.29, 0.717) is 5.56 Å². The second-order valence-electron chi connectivity index (χ2n) is 6.70. The summed E-state index contributed by atoms with van der Waals surface area (Å²) in [5.41, 5.74) is 1.86. The summed E-state index contributed by atoms with van der Waals surface area (Å²) >= 11 is 0. The molecule has 144 valence electrons. The Morgan fingerprint density at radius 3 is 2.07 bits per heavy atom. The van der Waals surface area contributed by atoms with E-state index in [4.69, 9.17) is 0 Å². The quantitative estimate of drug-likeness (QED) is 0.834. The fourth-order valence-electron chi connectivity index (χ4n) is 3.26. The molecule has 1 fully saturated rings. The summed E-state index contributed by atoms with van der Waals surface area (Å²) in [6.45, 7) is 4.53. The van der Waals surface area contributed by atoms with Crippen molar-refractivity contribution < 1.29 is 23.4 Å². The molecular weight excluding hydrogens is 368 g/mol. The molecule has 0 aromatic heterocycles. The predicted molar refractivity (Wildman–Crippen MR) is 100 cm³/mol. The van der Waals surface area contributed by atoms with Crippen LogP contribution in [-0.2, 0) is 10.0 Å². The molecule has 8 heteroatoms. The summed E-state index contributed by atoms with van der Waals surface area (Å²) in [5.74, 6) is -0.756. The molecule has 2 N–H and O–H groups in total. The molecule has 0 spiro atoms. The summed E-state index contributed by atoms with van der Waals surface area (Å²) in [4.78, 5) is 14.4. The van der Waals surface area contributed by atoms with Crippen molar-refractivity contribution in [2.45, 2.75) is 18.7 Å². The highest BCUT2D eigenvalue weighted by molar-refractivity contribution is 7.89. The largest absolute Gasteiger partial charge is 0.508 e. The molecule has 1 amide bonds. The molecule has 2 aromatic rings. The molecule has 0 aliphatic carbocycles. The van der Waals surface area contributed by atoms with E-state index >= 15 is 0 Å². The number of carbonyl (C=O) groups is 1. The second kappa shape index (κ2) is 7.21. The highest BCUT2D eigenvalue weighted by Gasteiger charge is 2.31. The predicted octanol–water partition coefficient (Wildman–Crippen LogP) is 1.86. The van der Waals surface area contributed by atoms with E-state index < -0.39 is 10.0 Å². The van der Waals surface area contributed by atoms with Gasteiger partial charge >= 0.3 is 0 Å². The lowest BCUT2D eigenvalue weighted by molar-refractivity contribution is 0.0697. The minimum Gasteiger partial charge on any atom is -0.508 e. The first-order chi connectivity index (χ1) is 12.7. The fraction of sp³-hybridized carbons (Fsp3) is 0.316. The SMILES string of the molecule is Cc1ccc(S(=O)(=O)N2CCN(C(=O)c3cc(O)cc(O)c3)CC2)c(C)c1. The normalized spacial score (nSPS) is 15.7. The lowest BCUT2D eigenvalue weighted by Gasteiger charge is -2.34. The summed E-state index contributed by atoms with van der Waals surface area (Å²) in [6, 6.07) is 8.93. The molecule has 1 aliphatic rings. The Morgan fingerprint density at radius 2 is 1.52 bits per heavy atom. The van der Waals surface area contributed by atoms with Gasteiger partial charge in [0.15, 0.2) is 0 Å². The second-order valence-corrected chi connectivity index (χ2v) is 8.61. The fourth-order valence-corrected chi connectivity index (χ4v) is 4.89. The molecule has 2 aromatic carbocycles. The van der Waals surface area contributed by atoms with Crippen LogP contribution in [0.15, 0.2) is 41.3 Å². The standard InChI is InChI=1S/C19H22N2O5S/c1-13-3-4-18(14(2)9-13)27(25,26)21-7-5-20(6-8-21)19(24)15-10-16(22)12-17(23)11-15/h3-4,9-12,22-23H,5-8H2,1-2H3. The van der Waals surface area contributed by atoms with E-state index in [1.165, 1.54) is 21.3 Å². The number of hydrogen-bond acceptors (Lipinski definition) is 5. The number of amides is 1. The van der Waals surface area contributed by atoms with Crippen molar-refractivity contribution >= 4 is 15.9 Å². The first kappa shape index (κ1) is 19.2. The first-order valence-electron chi connectivity index (χ1n) is 8.58. The summed E-state index contributed by atoms with van der Waals surface area (Å²) in [7, 11) is -3.62. The number of rotatable bonds is 3. The molecule has 27 heavy (non-hydrogen) atoms. The zero-order valence-electron chi connectivity index (χ0n) is 15.2.